The Bertz CT molecular complexity index is 458. The van der Waals surface area contributed by atoms with Gasteiger partial charge in [0.2, 0.25) is 0 Å². The molecule has 114 valence electrons. The van der Waals surface area contributed by atoms with Crippen molar-refractivity contribution in [3.8, 4) is 0 Å². The molecule has 0 bridgehead atoms. The van der Waals surface area contributed by atoms with Crippen molar-refractivity contribution in [3.05, 3.63) is 35.9 Å². The number of carbonyl (C=O) groups is 1. The number of likely N-dealkylation sites (tertiary alicyclic amines) is 1. The van der Waals surface area contributed by atoms with E-state index in [9.17, 15) is 4.79 Å². The maximum Gasteiger partial charge on any atom is 0.410 e. The Morgan fingerprint density at radius 2 is 2.05 bits per heavy atom. The Labute approximate surface area is 126 Å². The van der Waals surface area contributed by atoms with Gasteiger partial charge in [0.05, 0.1) is 6.10 Å². The van der Waals surface area contributed by atoms with Crippen LogP contribution in [0, 0.1) is 0 Å². The van der Waals surface area contributed by atoms with Gasteiger partial charge in [0, 0.05) is 19.2 Å². The summed E-state index contributed by atoms with van der Waals surface area (Å²) in [4.78, 5) is 14.1. The average Bonchev–Trinajstić information content (AvgIpc) is 2.93. The molecule has 2 aliphatic rings. The first-order chi connectivity index (χ1) is 10.3. The van der Waals surface area contributed by atoms with E-state index in [1.165, 1.54) is 6.42 Å². The van der Waals surface area contributed by atoms with Crippen LogP contribution in [0.2, 0.25) is 0 Å². The van der Waals surface area contributed by atoms with E-state index in [2.05, 4.69) is 0 Å². The number of hydrogen-bond acceptors (Lipinski definition) is 3. The molecule has 0 N–H and O–H groups in total. The lowest BCUT2D eigenvalue weighted by atomic mass is 10.0. The standard InChI is InChI=1S/C17H23NO3/c19-17(21-13-14-5-2-1-3-6-14)18-11-4-7-15(18)8-9-16-10-12-20-16/h1-3,5-6,15-16H,4,7-13H2. The number of nitrogens with zero attached hydrogens (tertiary/aromatic N) is 1. The fraction of sp³-hybridized carbons (Fsp3) is 0.588. The van der Waals surface area contributed by atoms with Crippen LogP contribution in [-0.4, -0.2) is 36.3 Å². The highest BCUT2D eigenvalue weighted by Gasteiger charge is 2.31. The molecule has 2 unspecified atom stereocenters. The Morgan fingerprint density at radius 1 is 1.24 bits per heavy atom. The smallest absolute Gasteiger partial charge is 0.410 e. The second-order valence-electron chi connectivity index (χ2n) is 5.89. The second-order valence-corrected chi connectivity index (χ2v) is 5.89. The summed E-state index contributed by atoms with van der Waals surface area (Å²) < 4.78 is 10.9. The maximum atomic E-state index is 12.2. The topological polar surface area (TPSA) is 38.8 Å². The van der Waals surface area contributed by atoms with E-state index >= 15 is 0 Å². The number of benzene rings is 1. The van der Waals surface area contributed by atoms with E-state index in [-0.39, 0.29) is 6.09 Å². The van der Waals surface area contributed by atoms with Gasteiger partial charge in [-0.05, 0) is 37.7 Å². The van der Waals surface area contributed by atoms with Crippen LogP contribution in [0.1, 0.15) is 37.7 Å². The van der Waals surface area contributed by atoms with Crippen LogP contribution in [0.15, 0.2) is 30.3 Å². The molecule has 3 rings (SSSR count). The van der Waals surface area contributed by atoms with E-state index < -0.39 is 0 Å². The zero-order valence-corrected chi connectivity index (χ0v) is 12.4. The molecule has 21 heavy (non-hydrogen) atoms. The van der Waals surface area contributed by atoms with Gasteiger partial charge in [-0.2, -0.15) is 0 Å². The Hall–Kier alpha value is -1.55. The SMILES string of the molecule is O=C(OCc1ccccc1)N1CCCC1CCC1CCO1. The third-order valence-corrected chi connectivity index (χ3v) is 4.43. The molecular formula is C17H23NO3. The molecule has 1 amide bonds. The van der Waals surface area contributed by atoms with Gasteiger partial charge in [-0.3, -0.25) is 0 Å². The monoisotopic (exact) mass is 289 g/mol. The predicted octanol–water partition coefficient (Wildman–Crippen LogP) is 3.36. The van der Waals surface area contributed by atoms with Gasteiger partial charge in [-0.15, -0.1) is 0 Å². The zero-order chi connectivity index (χ0) is 14.5. The summed E-state index contributed by atoms with van der Waals surface area (Å²) in [5, 5.41) is 0. The van der Waals surface area contributed by atoms with Gasteiger partial charge in [0.25, 0.3) is 0 Å². The highest BCUT2D eigenvalue weighted by Crippen LogP contribution is 2.26. The first-order valence-electron chi connectivity index (χ1n) is 7.92. The van der Waals surface area contributed by atoms with Crippen molar-refractivity contribution in [2.24, 2.45) is 0 Å². The quantitative estimate of drug-likeness (QED) is 0.834. The molecule has 0 saturated carbocycles. The van der Waals surface area contributed by atoms with Crippen LogP contribution in [0.5, 0.6) is 0 Å². The highest BCUT2D eigenvalue weighted by molar-refractivity contribution is 5.68. The molecule has 2 aliphatic heterocycles. The molecule has 2 atom stereocenters. The van der Waals surface area contributed by atoms with Gasteiger partial charge >= 0.3 is 6.09 Å². The third kappa shape index (κ3) is 3.76. The van der Waals surface area contributed by atoms with Crippen molar-refractivity contribution < 1.29 is 14.3 Å². The zero-order valence-electron chi connectivity index (χ0n) is 12.4. The van der Waals surface area contributed by atoms with Crippen molar-refractivity contribution in [2.75, 3.05) is 13.2 Å². The number of hydrogen-bond donors (Lipinski definition) is 0. The first-order valence-corrected chi connectivity index (χ1v) is 7.92. The van der Waals surface area contributed by atoms with Gasteiger partial charge < -0.3 is 14.4 Å². The Kier molecular flexibility index (Phi) is 4.76. The molecule has 0 radical (unpaired) electrons. The largest absolute Gasteiger partial charge is 0.445 e. The van der Waals surface area contributed by atoms with E-state index in [0.29, 0.717) is 18.8 Å². The predicted molar refractivity (Wildman–Crippen MR) is 79.9 cm³/mol. The summed E-state index contributed by atoms with van der Waals surface area (Å²) in [7, 11) is 0. The molecule has 1 aromatic rings. The fourth-order valence-electron chi connectivity index (χ4n) is 3.07. The van der Waals surface area contributed by atoms with E-state index in [4.69, 9.17) is 9.47 Å². The minimum absolute atomic E-state index is 0.170. The number of ether oxygens (including phenoxy) is 2. The summed E-state index contributed by atoms with van der Waals surface area (Å²) >= 11 is 0. The Balaban J connectivity index is 1.46. The van der Waals surface area contributed by atoms with E-state index in [1.54, 1.807) is 0 Å². The third-order valence-electron chi connectivity index (χ3n) is 4.43. The van der Waals surface area contributed by atoms with Crippen molar-refractivity contribution in [1.82, 2.24) is 4.90 Å². The molecule has 2 heterocycles. The maximum absolute atomic E-state index is 12.2. The summed E-state index contributed by atoms with van der Waals surface area (Å²) in [5.41, 5.74) is 1.03. The Morgan fingerprint density at radius 3 is 2.76 bits per heavy atom. The lowest BCUT2D eigenvalue weighted by molar-refractivity contribution is -0.0577. The first kappa shape index (κ1) is 14.4. The van der Waals surface area contributed by atoms with Crippen LogP contribution in [0.4, 0.5) is 4.79 Å². The molecular weight excluding hydrogens is 266 g/mol. The second kappa shape index (κ2) is 6.94. The van der Waals surface area contributed by atoms with Crippen LogP contribution in [0.25, 0.3) is 0 Å². The summed E-state index contributed by atoms with van der Waals surface area (Å²) in [5.74, 6) is 0. The van der Waals surface area contributed by atoms with Crippen molar-refractivity contribution in [1.29, 1.82) is 0 Å². The number of carbonyl (C=O) groups excluding carboxylic acids is 1. The summed E-state index contributed by atoms with van der Waals surface area (Å²) in [6, 6.07) is 10.2. The van der Waals surface area contributed by atoms with E-state index in [0.717, 1.165) is 44.4 Å². The fourth-order valence-corrected chi connectivity index (χ4v) is 3.07. The molecule has 1 aromatic carbocycles. The molecule has 2 fully saturated rings. The average molecular weight is 289 g/mol. The van der Waals surface area contributed by atoms with Gasteiger partial charge in [-0.1, -0.05) is 30.3 Å². The number of rotatable bonds is 5. The molecule has 4 nitrogen and oxygen atoms in total. The van der Waals surface area contributed by atoms with Crippen molar-refractivity contribution >= 4 is 6.09 Å². The molecule has 0 aromatic heterocycles. The molecule has 0 spiro atoms. The van der Waals surface area contributed by atoms with Crippen molar-refractivity contribution in [3.63, 3.8) is 0 Å². The van der Waals surface area contributed by atoms with E-state index in [1.807, 2.05) is 35.2 Å². The van der Waals surface area contributed by atoms with Crippen LogP contribution in [-0.2, 0) is 16.1 Å². The molecule has 2 saturated heterocycles. The van der Waals surface area contributed by atoms with Crippen LogP contribution < -0.4 is 0 Å². The lowest BCUT2D eigenvalue weighted by Crippen LogP contribution is -2.37. The van der Waals surface area contributed by atoms with Crippen LogP contribution in [0.3, 0.4) is 0 Å². The molecule has 4 heteroatoms. The van der Waals surface area contributed by atoms with Crippen molar-refractivity contribution in [2.45, 2.75) is 50.9 Å². The number of amides is 1. The summed E-state index contributed by atoms with van der Waals surface area (Å²) in [6.45, 7) is 2.08. The summed E-state index contributed by atoms with van der Waals surface area (Å²) in [6.07, 6.45) is 5.69. The normalized spacial score (nSPS) is 24.7. The van der Waals surface area contributed by atoms with Crippen LogP contribution >= 0.6 is 0 Å². The minimum Gasteiger partial charge on any atom is -0.445 e. The highest BCUT2D eigenvalue weighted by atomic mass is 16.6. The van der Waals surface area contributed by atoms with Gasteiger partial charge in [0.15, 0.2) is 0 Å². The van der Waals surface area contributed by atoms with Gasteiger partial charge in [0.1, 0.15) is 6.61 Å². The van der Waals surface area contributed by atoms with Gasteiger partial charge in [-0.25, -0.2) is 4.79 Å². The molecule has 0 aliphatic carbocycles. The lowest BCUT2D eigenvalue weighted by Gasteiger charge is -2.29. The minimum atomic E-state index is -0.170.